The summed E-state index contributed by atoms with van der Waals surface area (Å²) in [6.45, 7) is 0. The van der Waals surface area contributed by atoms with Crippen molar-refractivity contribution in [3.05, 3.63) is 68.7 Å². The third kappa shape index (κ3) is 3.17. The van der Waals surface area contributed by atoms with Crippen LogP contribution in [-0.4, -0.2) is 10.8 Å². The van der Waals surface area contributed by atoms with Gasteiger partial charge in [-0.15, -0.1) is 0 Å². The maximum atomic E-state index is 12.0. The number of rotatable bonds is 3. The van der Waals surface area contributed by atoms with Crippen LogP contribution in [0.3, 0.4) is 0 Å². The number of nitrogens with zero attached hydrogens (tertiary/aromatic N) is 1. The lowest BCUT2D eigenvalue weighted by Crippen LogP contribution is -2.12. The van der Waals surface area contributed by atoms with E-state index in [4.69, 9.17) is 0 Å². The molecule has 0 spiro atoms. The Kier molecular flexibility index (Phi) is 3.91. The largest absolute Gasteiger partial charge is 0.322 e. The van der Waals surface area contributed by atoms with E-state index >= 15 is 0 Å². The topological polar surface area (TPSA) is 72.2 Å². The number of halogens is 1. The summed E-state index contributed by atoms with van der Waals surface area (Å²) in [5.74, 6) is -0.401. The predicted molar refractivity (Wildman–Crippen MR) is 75.2 cm³/mol. The molecular weight excluding hydrogens is 312 g/mol. The highest BCUT2D eigenvalue weighted by atomic mass is 79.9. The van der Waals surface area contributed by atoms with Gasteiger partial charge in [-0.2, -0.15) is 0 Å². The van der Waals surface area contributed by atoms with Crippen molar-refractivity contribution in [3.63, 3.8) is 0 Å². The van der Waals surface area contributed by atoms with Gasteiger partial charge >= 0.3 is 0 Å². The number of anilines is 1. The fraction of sp³-hybridized carbons (Fsp3) is 0. The van der Waals surface area contributed by atoms with Crippen LogP contribution in [0.1, 0.15) is 10.4 Å². The normalized spacial score (nSPS) is 9.95. The molecule has 5 nitrogen and oxygen atoms in total. The van der Waals surface area contributed by atoms with E-state index in [1.807, 2.05) is 6.07 Å². The number of carbonyl (C=O) groups excluding carboxylic acids is 1. The monoisotopic (exact) mass is 320 g/mol. The van der Waals surface area contributed by atoms with Crippen molar-refractivity contribution in [2.45, 2.75) is 0 Å². The number of hydrogen-bond acceptors (Lipinski definition) is 3. The van der Waals surface area contributed by atoms with Crippen LogP contribution in [0.15, 0.2) is 53.0 Å². The summed E-state index contributed by atoms with van der Waals surface area (Å²) in [5, 5.41) is 13.4. The summed E-state index contributed by atoms with van der Waals surface area (Å²) in [5.41, 5.74) is 0.727. The van der Waals surface area contributed by atoms with Crippen LogP contribution < -0.4 is 5.32 Å². The second kappa shape index (κ2) is 5.62. The minimum atomic E-state index is -0.536. The van der Waals surface area contributed by atoms with Crippen molar-refractivity contribution in [2.75, 3.05) is 5.32 Å². The molecule has 0 aliphatic heterocycles. The molecule has 6 heteroatoms. The number of amides is 1. The standard InChI is InChI=1S/C13H9BrN2O3/c14-12-7-6-10(16(18)19)8-11(12)13(17)15-9-4-2-1-3-5-9/h1-8H,(H,15,17). The van der Waals surface area contributed by atoms with Crippen molar-refractivity contribution in [1.82, 2.24) is 0 Å². The number of benzene rings is 2. The Morgan fingerprint density at radius 2 is 1.84 bits per heavy atom. The summed E-state index contributed by atoms with van der Waals surface area (Å²) in [7, 11) is 0. The van der Waals surface area contributed by atoms with E-state index in [1.165, 1.54) is 18.2 Å². The Bertz CT molecular complexity index is 629. The van der Waals surface area contributed by atoms with Crippen LogP contribution in [0.25, 0.3) is 0 Å². The number of nitrogens with one attached hydrogen (secondary N) is 1. The van der Waals surface area contributed by atoms with Gasteiger partial charge in [-0.05, 0) is 34.1 Å². The molecule has 0 aromatic heterocycles. The highest BCUT2D eigenvalue weighted by Crippen LogP contribution is 2.23. The fourth-order valence-electron chi connectivity index (χ4n) is 1.52. The van der Waals surface area contributed by atoms with Crippen LogP contribution >= 0.6 is 15.9 Å². The molecule has 0 aliphatic rings. The third-order valence-electron chi connectivity index (χ3n) is 2.44. The molecule has 1 amide bonds. The smallest absolute Gasteiger partial charge is 0.270 e. The maximum Gasteiger partial charge on any atom is 0.270 e. The summed E-state index contributed by atoms with van der Waals surface area (Å²) in [6.07, 6.45) is 0. The predicted octanol–water partition coefficient (Wildman–Crippen LogP) is 3.61. The first-order valence-electron chi connectivity index (χ1n) is 5.38. The molecule has 1 N–H and O–H groups in total. The Hall–Kier alpha value is -2.21. The zero-order chi connectivity index (χ0) is 13.8. The molecule has 0 aliphatic carbocycles. The van der Waals surface area contributed by atoms with E-state index < -0.39 is 10.8 Å². The summed E-state index contributed by atoms with van der Waals surface area (Å²) in [4.78, 5) is 22.2. The van der Waals surface area contributed by atoms with Gasteiger partial charge in [0, 0.05) is 22.3 Å². The van der Waals surface area contributed by atoms with Crippen LogP contribution in [-0.2, 0) is 0 Å². The molecule has 19 heavy (non-hydrogen) atoms. The summed E-state index contributed by atoms with van der Waals surface area (Å²) in [6, 6.07) is 12.9. The zero-order valence-electron chi connectivity index (χ0n) is 9.67. The molecule has 2 rings (SSSR count). The number of non-ortho nitro benzene ring substituents is 1. The molecular formula is C13H9BrN2O3. The molecule has 0 unspecified atom stereocenters. The van der Waals surface area contributed by atoms with Gasteiger partial charge in [0.1, 0.15) is 0 Å². The van der Waals surface area contributed by atoms with E-state index in [0.717, 1.165) is 0 Å². The minimum absolute atomic E-state index is 0.124. The molecule has 96 valence electrons. The Morgan fingerprint density at radius 3 is 2.47 bits per heavy atom. The maximum absolute atomic E-state index is 12.0. The van der Waals surface area contributed by atoms with Crippen LogP contribution in [0.4, 0.5) is 11.4 Å². The SMILES string of the molecule is O=C(Nc1ccccc1)c1cc([N+](=O)[O-])ccc1Br. The molecule has 2 aromatic carbocycles. The molecule has 2 aromatic rings. The molecule has 0 heterocycles. The van der Waals surface area contributed by atoms with E-state index in [1.54, 1.807) is 24.3 Å². The van der Waals surface area contributed by atoms with E-state index in [2.05, 4.69) is 21.2 Å². The Labute approximate surface area is 117 Å². The molecule has 0 bridgehead atoms. The Morgan fingerprint density at radius 1 is 1.16 bits per heavy atom. The highest BCUT2D eigenvalue weighted by molar-refractivity contribution is 9.10. The summed E-state index contributed by atoms with van der Waals surface area (Å²) >= 11 is 3.21. The number of carbonyl (C=O) groups is 1. The number of hydrogen-bond donors (Lipinski definition) is 1. The quantitative estimate of drug-likeness (QED) is 0.693. The van der Waals surface area contributed by atoms with Crippen molar-refractivity contribution in [3.8, 4) is 0 Å². The average molecular weight is 321 g/mol. The first kappa shape index (κ1) is 13.2. The fourth-order valence-corrected chi connectivity index (χ4v) is 1.95. The average Bonchev–Trinajstić information content (AvgIpc) is 2.40. The van der Waals surface area contributed by atoms with Gasteiger partial charge in [-0.25, -0.2) is 0 Å². The van der Waals surface area contributed by atoms with Crippen molar-refractivity contribution < 1.29 is 9.72 Å². The molecule has 0 fully saturated rings. The van der Waals surface area contributed by atoms with Gasteiger partial charge in [-0.1, -0.05) is 18.2 Å². The summed E-state index contributed by atoms with van der Waals surface area (Å²) < 4.78 is 0.506. The van der Waals surface area contributed by atoms with Gasteiger partial charge in [0.15, 0.2) is 0 Å². The van der Waals surface area contributed by atoms with Gasteiger partial charge in [0.2, 0.25) is 0 Å². The lowest BCUT2D eigenvalue weighted by molar-refractivity contribution is -0.384. The first-order chi connectivity index (χ1) is 9.08. The van der Waals surface area contributed by atoms with Crippen molar-refractivity contribution >= 4 is 33.2 Å². The zero-order valence-corrected chi connectivity index (χ0v) is 11.3. The second-order valence-corrected chi connectivity index (χ2v) is 4.60. The van der Waals surface area contributed by atoms with Crippen LogP contribution in [0, 0.1) is 10.1 Å². The highest BCUT2D eigenvalue weighted by Gasteiger charge is 2.15. The lowest BCUT2D eigenvalue weighted by atomic mass is 10.2. The number of nitro benzene ring substituents is 1. The van der Waals surface area contributed by atoms with Gasteiger partial charge in [-0.3, -0.25) is 14.9 Å². The van der Waals surface area contributed by atoms with Gasteiger partial charge in [0.05, 0.1) is 10.5 Å². The minimum Gasteiger partial charge on any atom is -0.322 e. The number of nitro groups is 1. The first-order valence-corrected chi connectivity index (χ1v) is 6.17. The van der Waals surface area contributed by atoms with E-state index in [-0.39, 0.29) is 11.3 Å². The van der Waals surface area contributed by atoms with Crippen LogP contribution in [0.2, 0.25) is 0 Å². The van der Waals surface area contributed by atoms with Gasteiger partial charge in [0.25, 0.3) is 11.6 Å². The van der Waals surface area contributed by atoms with E-state index in [0.29, 0.717) is 10.2 Å². The van der Waals surface area contributed by atoms with Crippen molar-refractivity contribution in [2.24, 2.45) is 0 Å². The Balaban J connectivity index is 2.28. The second-order valence-electron chi connectivity index (χ2n) is 3.74. The van der Waals surface area contributed by atoms with Crippen LogP contribution in [0.5, 0.6) is 0 Å². The van der Waals surface area contributed by atoms with Crippen molar-refractivity contribution in [1.29, 1.82) is 0 Å². The molecule has 0 saturated heterocycles. The van der Waals surface area contributed by atoms with E-state index in [9.17, 15) is 14.9 Å². The number of para-hydroxylation sites is 1. The lowest BCUT2D eigenvalue weighted by Gasteiger charge is -2.06. The van der Waals surface area contributed by atoms with Gasteiger partial charge < -0.3 is 5.32 Å². The molecule has 0 radical (unpaired) electrons. The molecule has 0 saturated carbocycles. The third-order valence-corrected chi connectivity index (χ3v) is 3.13. The molecule has 0 atom stereocenters.